The second-order valence-electron chi connectivity index (χ2n) is 2.15. The van der Waals surface area contributed by atoms with Gasteiger partial charge in [0, 0.05) is 13.2 Å². The smallest absolute Gasteiger partial charge is 0.127 e. The Morgan fingerprint density at radius 1 is 1.56 bits per heavy atom. The molecule has 0 aliphatic carbocycles. The van der Waals surface area contributed by atoms with Crippen molar-refractivity contribution < 1.29 is 0 Å². The summed E-state index contributed by atoms with van der Waals surface area (Å²) in [5, 5.41) is 7.41. The molecule has 0 aromatic carbocycles. The molecule has 1 aromatic rings. The van der Waals surface area contributed by atoms with E-state index in [0.717, 1.165) is 5.56 Å². The molecule has 0 saturated heterocycles. The quantitative estimate of drug-likeness (QED) is 0.527. The van der Waals surface area contributed by atoms with Gasteiger partial charge >= 0.3 is 0 Å². The number of pyridine rings is 1. The van der Waals surface area contributed by atoms with Crippen LogP contribution in [0.3, 0.4) is 0 Å². The van der Waals surface area contributed by atoms with Gasteiger partial charge < -0.3 is 4.57 Å². The molecule has 0 amide bonds. The van der Waals surface area contributed by atoms with Crippen LogP contribution >= 0.6 is 0 Å². The van der Waals surface area contributed by atoms with E-state index in [4.69, 9.17) is 5.41 Å². The van der Waals surface area contributed by atoms with Gasteiger partial charge in [0.05, 0.1) is 0 Å². The van der Waals surface area contributed by atoms with E-state index in [1.807, 2.05) is 32.3 Å². The molecule has 2 heteroatoms. The predicted molar refractivity (Wildman–Crippen MR) is 36.0 cm³/mol. The summed E-state index contributed by atoms with van der Waals surface area (Å²) in [6.07, 6.45) is 1.87. The van der Waals surface area contributed by atoms with Gasteiger partial charge in [0.15, 0.2) is 0 Å². The van der Waals surface area contributed by atoms with Gasteiger partial charge in [-0.2, -0.15) is 0 Å². The van der Waals surface area contributed by atoms with Crippen LogP contribution in [-0.2, 0) is 7.05 Å². The number of rotatable bonds is 0. The minimum atomic E-state index is 0.581. The summed E-state index contributed by atoms with van der Waals surface area (Å²) >= 11 is 0. The second-order valence-corrected chi connectivity index (χ2v) is 2.15. The lowest BCUT2D eigenvalue weighted by Crippen LogP contribution is -2.17. The fraction of sp³-hybridized carbons (Fsp3) is 0.286. The summed E-state index contributed by atoms with van der Waals surface area (Å²) in [4.78, 5) is 0. The minimum Gasteiger partial charge on any atom is -0.336 e. The summed E-state index contributed by atoms with van der Waals surface area (Å²) in [5.74, 6) is 0. The molecule has 0 radical (unpaired) electrons. The van der Waals surface area contributed by atoms with E-state index in [-0.39, 0.29) is 0 Å². The van der Waals surface area contributed by atoms with Crippen LogP contribution in [0.25, 0.3) is 0 Å². The molecule has 0 fully saturated rings. The summed E-state index contributed by atoms with van der Waals surface area (Å²) < 4.78 is 1.79. The highest BCUT2D eigenvalue weighted by atomic mass is 14.9. The van der Waals surface area contributed by atoms with Crippen molar-refractivity contribution in [3.05, 3.63) is 29.4 Å². The highest BCUT2D eigenvalue weighted by Gasteiger charge is 1.85. The minimum absolute atomic E-state index is 0.581. The number of hydrogen-bond donors (Lipinski definition) is 1. The highest BCUT2D eigenvalue weighted by Crippen LogP contribution is 1.84. The topological polar surface area (TPSA) is 28.8 Å². The number of aryl methyl sites for hydroxylation is 2. The first-order chi connectivity index (χ1) is 4.22. The Morgan fingerprint density at radius 3 is 2.67 bits per heavy atom. The number of nitrogens with one attached hydrogen (secondary N) is 1. The predicted octanol–water partition coefficient (Wildman–Crippen LogP) is 0.813. The Bertz CT molecular complexity index is 237. The van der Waals surface area contributed by atoms with Crippen molar-refractivity contribution in [2.45, 2.75) is 6.92 Å². The molecule has 1 N–H and O–H groups in total. The molecule has 0 bridgehead atoms. The molecule has 2 nitrogen and oxygen atoms in total. The van der Waals surface area contributed by atoms with E-state index in [9.17, 15) is 0 Å². The number of aromatic nitrogens is 1. The third-order valence-corrected chi connectivity index (χ3v) is 1.38. The Hall–Kier alpha value is -1.05. The first kappa shape index (κ1) is 6.08. The Balaban J connectivity index is 3.43. The third kappa shape index (κ3) is 1.02. The molecule has 48 valence electrons. The molecule has 1 rings (SSSR count). The SMILES string of the molecule is Cc1cccn(C)c1=N. The van der Waals surface area contributed by atoms with Crippen molar-refractivity contribution >= 4 is 0 Å². The monoisotopic (exact) mass is 122 g/mol. The zero-order valence-corrected chi connectivity index (χ0v) is 5.68. The zero-order chi connectivity index (χ0) is 6.85. The van der Waals surface area contributed by atoms with E-state index in [1.54, 1.807) is 4.57 Å². The molecule has 0 aliphatic heterocycles. The van der Waals surface area contributed by atoms with Gasteiger partial charge in [0.2, 0.25) is 0 Å². The second kappa shape index (κ2) is 2.05. The molecular formula is C7H10N2. The first-order valence-electron chi connectivity index (χ1n) is 2.88. The molecule has 0 unspecified atom stereocenters. The van der Waals surface area contributed by atoms with Gasteiger partial charge in [0.1, 0.15) is 5.49 Å². The Labute approximate surface area is 54.3 Å². The van der Waals surface area contributed by atoms with Crippen LogP contribution in [0.4, 0.5) is 0 Å². The fourth-order valence-corrected chi connectivity index (χ4v) is 0.748. The summed E-state index contributed by atoms with van der Waals surface area (Å²) in [7, 11) is 1.87. The maximum atomic E-state index is 7.41. The van der Waals surface area contributed by atoms with Gasteiger partial charge in [-0.15, -0.1) is 0 Å². The molecular weight excluding hydrogens is 112 g/mol. The van der Waals surface area contributed by atoms with Gasteiger partial charge in [-0.05, 0) is 18.6 Å². The van der Waals surface area contributed by atoms with Gasteiger partial charge in [-0.3, -0.25) is 5.41 Å². The van der Waals surface area contributed by atoms with E-state index in [1.165, 1.54) is 0 Å². The first-order valence-corrected chi connectivity index (χ1v) is 2.88. The lowest BCUT2D eigenvalue weighted by atomic mass is 10.3. The molecule has 0 spiro atoms. The number of nitrogens with zero attached hydrogens (tertiary/aromatic N) is 1. The molecule has 9 heavy (non-hydrogen) atoms. The number of hydrogen-bond acceptors (Lipinski definition) is 1. The normalized spacial score (nSPS) is 9.56. The average Bonchev–Trinajstić information content (AvgIpc) is 1.83. The average molecular weight is 122 g/mol. The standard InChI is InChI=1S/C7H10N2/c1-6-4-3-5-9(2)7(6)8/h3-5,8H,1-2H3. The summed E-state index contributed by atoms with van der Waals surface area (Å²) in [5.41, 5.74) is 1.59. The van der Waals surface area contributed by atoms with Crippen molar-refractivity contribution in [3.63, 3.8) is 0 Å². The van der Waals surface area contributed by atoms with Gasteiger partial charge in [-0.25, -0.2) is 0 Å². The van der Waals surface area contributed by atoms with E-state index in [0.29, 0.717) is 5.49 Å². The fourth-order valence-electron chi connectivity index (χ4n) is 0.748. The van der Waals surface area contributed by atoms with Crippen molar-refractivity contribution in [2.24, 2.45) is 7.05 Å². The molecule has 0 saturated carbocycles. The van der Waals surface area contributed by atoms with Crippen LogP contribution in [0.2, 0.25) is 0 Å². The Morgan fingerprint density at radius 2 is 2.22 bits per heavy atom. The van der Waals surface area contributed by atoms with Crippen molar-refractivity contribution in [1.82, 2.24) is 4.57 Å². The zero-order valence-electron chi connectivity index (χ0n) is 5.68. The molecule has 1 aromatic heterocycles. The summed E-state index contributed by atoms with van der Waals surface area (Å²) in [6.45, 7) is 1.93. The van der Waals surface area contributed by atoms with Crippen LogP contribution in [0.15, 0.2) is 18.3 Å². The maximum Gasteiger partial charge on any atom is 0.127 e. The van der Waals surface area contributed by atoms with Gasteiger partial charge in [-0.1, -0.05) is 6.07 Å². The van der Waals surface area contributed by atoms with Crippen LogP contribution < -0.4 is 5.49 Å². The van der Waals surface area contributed by atoms with Crippen LogP contribution in [0.5, 0.6) is 0 Å². The summed E-state index contributed by atoms with van der Waals surface area (Å²) in [6, 6.07) is 3.87. The van der Waals surface area contributed by atoms with E-state index in [2.05, 4.69) is 0 Å². The van der Waals surface area contributed by atoms with E-state index < -0.39 is 0 Å². The molecule has 0 atom stereocenters. The lowest BCUT2D eigenvalue weighted by molar-refractivity contribution is 0.804. The van der Waals surface area contributed by atoms with E-state index >= 15 is 0 Å². The van der Waals surface area contributed by atoms with Gasteiger partial charge in [0.25, 0.3) is 0 Å². The van der Waals surface area contributed by atoms with Crippen molar-refractivity contribution in [2.75, 3.05) is 0 Å². The van der Waals surface area contributed by atoms with Crippen molar-refractivity contribution in [3.8, 4) is 0 Å². The molecule has 0 aliphatic rings. The van der Waals surface area contributed by atoms with Crippen LogP contribution in [0.1, 0.15) is 5.56 Å². The molecule has 1 heterocycles. The Kier molecular flexibility index (Phi) is 1.39. The lowest BCUT2D eigenvalue weighted by Gasteiger charge is -1.97. The van der Waals surface area contributed by atoms with Crippen molar-refractivity contribution in [1.29, 1.82) is 5.41 Å². The van der Waals surface area contributed by atoms with Crippen LogP contribution in [-0.4, -0.2) is 4.57 Å². The van der Waals surface area contributed by atoms with Crippen LogP contribution in [0, 0.1) is 12.3 Å². The largest absolute Gasteiger partial charge is 0.336 e. The maximum absolute atomic E-state index is 7.41. The highest BCUT2D eigenvalue weighted by molar-refractivity contribution is 5.05. The third-order valence-electron chi connectivity index (χ3n) is 1.38.